The Labute approximate surface area is 120 Å². The molecule has 0 aliphatic rings. The average molecular weight is 262 g/mol. The zero-order valence-corrected chi connectivity index (χ0v) is 13.5. The van der Waals surface area contributed by atoms with E-state index in [1.54, 1.807) is 0 Å². The Balaban J connectivity index is -0.000000375. The summed E-state index contributed by atoms with van der Waals surface area (Å²) in [5.74, 6) is 0.182. The Morgan fingerprint density at radius 2 is 1.42 bits per heavy atom. The summed E-state index contributed by atoms with van der Waals surface area (Å²) in [6.45, 7) is 18.0. The van der Waals surface area contributed by atoms with Crippen molar-refractivity contribution in [3.63, 3.8) is 0 Å². The molecular weight excluding hydrogens is 232 g/mol. The van der Waals surface area contributed by atoms with Crippen LogP contribution in [0.5, 0.6) is 0 Å². The number of carbonyl (C=O) groups excluding carboxylic acids is 1. The highest BCUT2D eigenvalue weighted by Gasteiger charge is 2.01. The van der Waals surface area contributed by atoms with E-state index in [1.165, 1.54) is 5.57 Å². The Hall–Kier alpha value is -1.63. The molecule has 1 nitrogen and oxygen atoms in total. The van der Waals surface area contributed by atoms with E-state index < -0.39 is 0 Å². The molecule has 1 aromatic carbocycles. The SMILES string of the molecule is C=C.CC.CC.CC(C)=CCC(=O)c1ccccc1. The number of hydrogen-bond donors (Lipinski definition) is 0. The number of ketones is 1. The van der Waals surface area contributed by atoms with Gasteiger partial charge in [0.1, 0.15) is 0 Å². The third kappa shape index (κ3) is 14.3. The van der Waals surface area contributed by atoms with Crippen LogP contribution in [0.1, 0.15) is 58.3 Å². The smallest absolute Gasteiger partial charge is 0.166 e. The van der Waals surface area contributed by atoms with Gasteiger partial charge in [-0.3, -0.25) is 4.79 Å². The summed E-state index contributed by atoms with van der Waals surface area (Å²) in [6, 6.07) is 9.38. The molecule has 0 bridgehead atoms. The van der Waals surface area contributed by atoms with Gasteiger partial charge in [-0.15, -0.1) is 13.2 Å². The fraction of sp³-hybridized carbons (Fsp3) is 0.389. The van der Waals surface area contributed by atoms with Gasteiger partial charge >= 0.3 is 0 Å². The lowest BCUT2D eigenvalue weighted by molar-refractivity contribution is 0.0995. The maximum Gasteiger partial charge on any atom is 0.166 e. The first kappa shape index (κ1) is 22.5. The second-order valence-electron chi connectivity index (χ2n) is 3.27. The molecule has 0 aliphatic heterocycles. The molecule has 0 radical (unpaired) electrons. The summed E-state index contributed by atoms with van der Waals surface area (Å²) in [4.78, 5) is 11.5. The molecule has 1 rings (SSSR count). The predicted molar refractivity (Wildman–Crippen MR) is 88.8 cm³/mol. The molecule has 0 unspecified atom stereocenters. The van der Waals surface area contributed by atoms with Gasteiger partial charge in [0.15, 0.2) is 5.78 Å². The molecule has 108 valence electrons. The van der Waals surface area contributed by atoms with E-state index in [4.69, 9.17) is 0 Å². The van der Waals surface area contributed by atoms with Gasteiger partial charge in [0.2, 0.25) is 0 Å². The van der Waals surface area contributed by atoms with Crippen molar-refractivity contribution in [2.24, 2.45) is 0 Å². The fourth-order valence-corrected chi connectivity index (χ4v) is 1.04. The van der Waals surface area contributed by atoms with Crippen molar-refractivity contribution >= 4 is 5.78 Å². The molecule has 0 spiro atoms. The summed E-state index contributed by atoms with van der Waals surface area (Å²) in [6.07, 6.45) is 2.46. The largest absolute Gasteiger partial charge is 0.294 e. The normalized spacial score (nSPS) is 7.26. The highest BCUT2D eigenvalue weighted by Crippen LogP contribution is 2.04. The lowest BCUT2D eigenvalue weighted by Crippen LogP contribution is -1.96. The van der Waals surface area contributed by atoms with Gasteiger partial charge in [-0.25, -0.2) is 0 Å². The summed E-state index contributed by atoms with van der Waals surface area (Å²) in [7, 11) is 0. The molecule has 1 aromatic rings. The summed E-state index contributed by atoms with van der Waals surface area (Å²) >= 11 is 0. The zero-order chi connectivity index (χ0) is 15.7. The van der Waals surface area contributed by atoms with Gasteiger partial charge < -0.3 is 0 Å². The van der Waals surface area contributed by atoms with E-state index in [0.717, 1.165) is 5.56 Å². The van der Waals surface area contributed by atoms with E-state index in [0.29, 0.717) is 6.42 Å². The molecule has 0 saturated heterocycles. The van der Waals surface area contributed by atoms with Crippen molar-refractivity contribution in [3.8, 4) is 0 Å². The number of hydrogen-bond acceptors (Lipinski definition) is 1. The van der Waals surface area contributed by atoms with E-state index >= 15 is 0 Å². The second-order valence-corrected chi connectivity index (χ2v) is 3.27. The van der Waals surface area contributed by atoms with Gasteiger partial charge in [0.25, 0.3) is 0 Å². The number of benzene rings is 1. The molecule has 0 heterocycles. The van der Waals surface area contributed by atoms with Crippen LogP contribution in [0.25, 0.3) is 0 Å². The van der Waals surface area contributed by atoms with Crippen LogP contribution < -0.4 is 0 Å². The first-order valence-electron chi connectivity index (χ1n) is 6.92. The average Bonchev–Trinajstić information content (AvgIpc) is 2.51. The summed E-state index contributed by atoms with van der Waals surface area (Å²) < 4.78 is 0. The second kappa shape index (κ2) is 18.7. The predicted octanol–water partition coefficient (Wildman–Crippen LogP) is 6.08. The highest BCUT2D eigenvalue weighted by molar-refractivity contribution is 5.96. The standard InChI is InChI=1S/C12H14O.2C2H6.C2H4/c1-10(2)8-9-12(13)11-6-4-3-5-7-11;3*1-2/h3-8H,9H2,1-2H3;2*1-2H3;1-2H2. The topological polar surface area (TPSA) is 17.1 Å². The maximum absolute atomic E-state index is 11.5. The van der Waals surface area contributed by atoms with Crippen molar-refractivity contribution in [2.45, 2.75) is 48.0 Å². The molecule has 0 N–H and O–H groups in total. The highest BCUT2D eigenvalue weighted by atomic mass is 16.1. The zero-order valence-electron chi connectivity index (χ0n) is 13.5. The van der Waals surface area contributed by atoms with E-state index in [-0.39, 0.29) is 5.78 Å². The van der Waals surface area contributed by atoms with E-state index in [1.807, 2.05) is 78.0 Å². The van der Waals surface area contributed by atoms with Crippen molar-refractivity contribution in [2.75, 3.05) is 0 Å². The van der Waals surface area contributed by atoms with Gasteiger partial charge in [-0.05, 0) is 13.8 Å². The van der Waals surface area contributed by atoms with E-state index in [9.17, 15) is 4.79 Å². The minimum atomic E-state index is 0.182. The van der Waals surface area contributed by atoms with Crippen LogP contribution in [0.2, 0.25) is 0 Å². The Kier molecular flexibility index (Phi) is 22.2. The molecule has 0 aromatic heterocycles. The lowest BCUT2D eigenvalue weighted by Gasteiger charge is -1.96. The molecule has 1 heteroatoms. The number of rotatable bonds is 3. The first-order valence-corrected chi connectivity index (χ1v) is 6.92. The van der Waals surface area contributed by atoms with Crippen LogP contribution in [0, 0.1) is 0 Å². The lowest BCUT2D eigenvalue weighted by atomic mass is 10.1. The maximum atomic E-state index is 11.5. The molecule has 0 amide bonds. The van der Waals surface area contributed by atoms with Crippen LogP contribution in [0.4, 0.5) is 0 Å². The summed E-state index contributed by atoms with van der Waals surface area (Å²) in [5, 5.41) is 0. The number of allylic oxidation sites excluding steroid dienone is 2. The molecule has 0 aliphatic carbocycles. The third-order valence-electron chi connectivity index (χ3n) is 1.79. The van der Waals surface area contributed by atoms with Crippen LogP contribution >= 0.6 is 0 Å². The van der Waals surface area contributed by atoms with Crippen LogP contribution in [-0.2, 0) is 0 Å². The van der Waals surface area contributed by atoms with Crippen molar-refractivity contribution in [1.82, 2.24) is 0 Å². The van der Waals surface area contributed by atoms with E-state index in [2.05, 4.69) is 13.2 Å². The van der Waals surface area contributed by atoms with Crippen LogP contribution in [-0.4, -0.2) is 5.78 Å². The Bertz CT molecular complexity index is 319. The minimum absolute atomic E-state index is 0.182. The molecular formula is C18H30O. The molecule has 0 saturated carbocycles. The Morgan fingerprint density at radius 3 is 1.79 bits per heavy atom. The first-order chi connectivity index (χ1) is 9.20. The molecule has 0 atom stereocenters. The number of Topliss-reactive ketones (excluding diaryl/α,β-unsaturated/α-hetero) is 1. The third-order valence-corrected chi connectivity index (χ3v) is 1.79. The van der Waals surface area contributed by atoms with Crippen LogP contribution in [0.15, 0.2) is 55.1 Å². The van der Waals surface area contributed by atoms with Crippen molar-refractivity contribution in [3.05, 3.63) is 60.7 Å². The summed E-state index contributed by atoms with van der Waals surface area (Å²) in [5.41, 5.74) is 1.98. The quantitative estimate of drug-likeness (QED) is 0.476. The van der Waals surface area contributed by atoms with Gasteiger partial charge in [-0.1, -0.05) is 69.7 Å². The van der Waals surface area contributed by atoms with Gasteiger partial charge in [-0.2, -0.15) is 0 Å². The monoisotopic (exact) mass is 262 g/mol. The van der Waals surface area contributed by atoms with Gasteiger partial charge in [0, 0.05) is 12.0 Å². The van der Waals surface area contributed by atoms with Crippen LogP contribution in [0.3, 0.4) is 0 Å². The molecule has 0 fully saturated rings. The fourth-order valence-electron chi connectivity index (χ4n) is 1.04. The minimum Gasteiger partial charge on any atom is -0.294 e. The van der Waals surface area contributed by atoms with Crippen molar-refractivity contribution in [1.29, 1.82) is 0 Å². The number of carbonyl (C=O) groups is 1. The van der Waals surface area contributed by atoms with Gasteiger partial charge in [0.05, 0.1) is 0 Å². The molecule has 19 heavy (non-hydrogen) atoms. The van der Waals surface area contributed by atoms with Crippen molar-refractivity contribution < 1.29 is 4.79 Å². The Morgan fingerprint density at radius 1 is 1.00 bits per heavy atom.